The van der Waals surface area contributed by atoms with Crippen LogP contribution in [0.25, 0.3) is 0 Å². The van der Waals surface area contributed by atoms with Crippen molar-refractivity contribution in [3.8, 4) is 0 Å². The van der Waals surface area contributed by atoms with Crippen molar-refractivity contribution in [2.45, 2.75) is 6.43 Å². The van der Waals surface area contributed by atoms with E-state index in [1.165, 1.54) is 0 Å². The van der Waals surface area contributed by atoms with Crippen LogP contribution in [0.2, 0.25) is 0 Å². The van der Waals surface area contributed by atoms with Gasteiger partial charge in [0.2, 0.25) is 0 Å². The van der Waals surface area contributed by atoms with E-state index in [2.05, 4.69) is 25.9 Å². The van der Waals surface area contributed by atoms with Crippen LogP contribution in [0.15, 0.2) is 10.9 Å². The molecule has 0 aromatic carbocycles. The monoisotopic (exact) mass is 232 g/mol. The number of rotatable bonds is 1. The van der Waals surface area contributed by atoms with E-state index in [1.54, 1.807) is 0 Å². The number of H-pyrrole nitrogens is 1. The van der Waals surface area contributed by atoms with Crippen LogP contribution in [0.5, 0.6) is 0 Å². The number of alkyl halides is 2. The van der Waals surface area contributed by atoms with Gasteiger partial charge in [-0.15, -0.1) is 12.4 Å². The number of halogens is 4. The first-order chi connectivity index (χ1) is 4.20. The number of imidazole rings is 1. The molecule has 0 spiro atoms. The number of aromatic amines is 1. The molecular formula is C4H4BrClF2N2. The lowest BCUT2D eigenvalue weighted by molar-refractivity contribution is 0.146. The fourth-order valence-electron chi connectivity index (χ4n) is 0.421. The molecule has 0 aliphatic rings. The molecule has 2 nitrogen and oxygen atoms in total. The van der Waals surface area contributed by atoms with Crippen molar-refractivity contribution in [1.29, 1.82) is 0 Å². The van der Waals surface area contributed by atoms with Gasteiger partial charge >= 0.3 is 0 Å². The van der Waals surface area contributed by atoms with Gasteiger partial charge in [-0.05, 0) is 15.9 Å². The van der Waals surface area contributed by atoms with Gasteiger partial charge in [0.05, 0.1) is 6.20 Å². The van der Waals surface area contributed by atoms with Crippen molar-refractivity contribution in [1.82, 2.24) is 9.97 Å². The highest BCUT2D eigenvalue weighted by Gasteiger charge is 2.08. The molecule has 0 aliphatic heterocycles. The zero-order valence-corrected chi connectivity index (χ0v) is 7.05. The number of hydrogen-bond acceptors (Lipinski definition) is 1. The third-order valence-corrected chi connectivity index (χ3v) is 1.20. The van der Waals surface area contributed by atoms with E-state index in [-0.39, 0.29) is 18.1 Å². The molecule has 1 aromatic heterocycles. The molecule has 1 aromatic rings. The van der Waals surface area contributed by atoms with Crippen molar-refractivity contribution < 1.29 is 8.78 Å². The van der Waals surface area contributed by atoms with Crippen molar-refractivity contribution in [3.05, 3.63) is 16.6 Å². The molecule has 0 aliphatic carbocycles. The van der Waals surface area contributed by atoms with E-state index in [0.29, 0.717) is 4.73 Å². The van der Waals surface area contributed by atoms with E-state index >= 15 is 0 Å². The molecule has 58 valence electrons. The van der Waals surface area contributed by atoms with Gasteiger partial charge in [-0.25, -0.2) is 13.8 Å². The minimum Gasteiger partial charge on any atom is -0.332 e. The third kappa shape index (κ3) is 2.22. The number of nitrogens with zero attached hydrogens (tertiary/aromatic N) is 1. The summed E-state index contributed by atoms with van der Waals surface area (Å²) in [7, 11) is 0. The first kappa shape index (κ1) is 9.84. The second-order valence-corrected chi connectivity index (χ2v) is 2.18. The summed E-state index contributed by atoms with van der Waals surface area (Å²) in [5.74, 6) is 0. The highest BCUT2D eigenvalue weighted by molar-refractivity contribution is 9.10. The summed E-state index contributed by atoms with van der Waals surface area (Å²) in [4.78, 5) is 5.85. The Morgan fingerprint density at radius 1 is 1.60 bits per heavy atom. The molecule has 0 radical (unpaired) electrons. The summed E-state index contributed by atoms with van der Waals surface area (Å²) in [5.41, 5.74) is -0.165. The maximum atomic E-state index is 11.7. The van der Waals surface area contributed by atoms with Crippen molar-refractivity contribution in [3.63, 3.8) is 0 Å². The smallest absolute Gasteiger partial charge is 0.279 e. The average Bonchev–Trinajstić information content (AvgIpc) is 2.14. The van der Waals surface area contributed by atoms with E-state index in [0.717, 1.165) is 6.20 Å². The fourth-order valence-corrected chi connectivity index (χ4v) is 0.752. The van der Waals surface area contributed by atoms with E-state index in [9.17, 15) is 8.78 Å². The Balaban J connectivity index is 0.000000810. The lowest BCUT2D eigenvalue weighted by atomic mass is 10.5. The van der Waals surface area contributed by atoms with Crippen molar-refractivity contribution in [2.75, 3.05) is 0 Å². The van der Waals surface area contributed by atoms with Crippen LogP contribution in [-0.2, 0) is 0 Å². The molecule has 0 fully saturated rings. The van der Waals surface area contributed by atoms with Gasteiger partial charge in [-0.3, -0.25) is 0 Å². The Bertz CT molecular complexity index is 203. The summed E-state index contributed by atoms with van der Waals surface area (Å²) >= 11 is 2.90. The zero-order chi connectivity index (χ0) is 6.85. The average molecular weight is 233 g/mol. The molecule has 0 amide bonds. The molecule has 1 rings (SSSR count). The largest absolute Gasteiger partial charge is 0.332 e. The highest BCUT2D eigenvalue weighted by Crippen LogP contribution is 2.17. The summed E-state index contributed by atoms with van der Waals surface area (Å²) < 4.78 is 23.7. The molecule has 0 saturated carbocycles. The van der Waals surface area contributed by atoms with Crippen LogP contribution in [-0.4, -0.2) is 9.97 Å². The van der Waals surface area contributed by atoms with Crippen LogP contribution < -0.4 is 0 Å². The SMILES string of the molecule is Cl.FC(F)c1cnc(Br)[nH]1. The zero-order valence-electron chi connectivity index (χ0n) is 4.64. The number of nitrogens with one attached hydrogen (secondary N) is 1. The second kappa shape index (κ2) is 3.88. The van der Waals surface area contributed by atoms with Crippen LogP contribution in [0.3, 0.4) is 0 Å². The summed E-state index contributed by atoms with van der Waals surface area (Å²) in [6.45, 7) is 0. The maximum Gasteiger partial charge on any atom is 0.279 e. The fraction of sp³-hybridized carbons (Fsp3) is 0.250. The normalized spacial score (nSPS) is 9.60. The number of aromatic nitrogens is 2. The first-order valence-electron chi connectivity index (χ1n) is 2.18. The Kier molecular flexibility index (Phi) is 3.81. The maximum absolute atomic E-state index is 11.7. The lowest BCUT2D eigenvalue weighted by Gasteiger charge is -1.88. The lowest BCUT2D eigenvalue weighted by Crippen LogP contribution is -1.80. The summed E-state index contributed by atoms with van der Waals surface area (Å²) in [5, 5.41) is 0. The third-order valence-electron chi connectivity index (χ3n) is 0.800. The Morgan fingerprint density at radius 3 is 2.40 bits per heavy atom. The summed E-state index contributed by atoms with van der Waals surface area (Å²) in [6, 6.07) is 0. The minimum atomic E-state index is -2.47. The molecule has 10 heavy (non-hydrogen) atoms. The molecule has 6 heteroatoms. The van der Waals surface area contributed by atoms with Crippen LogP contribution >= 0.6 is 28.3 Å². The van der Waals surface area contributed by atoms with Gasteiger partial charge in [0.1, 0.15) is 5.69 Å². The molecule has 1 N–H and O–H groups in total. The quantitative estimate of drug-likeness (QED) is 0.793. The van der Waals surface area contributed by atoms with Crippen molar-refractivity contribution in [2.24, 2.45) is 0 Å². The van der Waals surface area contributed by atoms with Gasteiger partial charge < -0.3 is 4.98 Å². The predicted octanol–water partition coefficient (Wildman–Crippen LogP) is 2.53. The van der Waals surface area contributed by atoms with Gasteiger partial charge in [-0.1, -0.05) is 0 Å². The first-order valence-corrected chi connectivity index (χ1v) is 2.98. The number of hydrogen-bond donors (Lipinski definition) is 1. The van der Waals surface area contributed by atoms with Crippen LogP contribution in [0.1, 0.15) is 12.1 Å². The molecule has 0 atom stereocenters. The van der Waals surface area contributed by atoms with Gasteiger partial charge in [0.15, 0.2) is 4.73 Å². The molecule has 0 unspecified atom stereocenters. The highest BCUT2D eigenvalue weighted by atomic mass is 79.9. The Morgan fingerprint density at radius 2 is 2.20 bits per heavy atom. The van der Waals surface area contributed by atoms with Gasteiger partial charge in [0.25, 0.3) is 6.43 Å². The van der Waals surface area contributed by atoms with E-state index < -0.39 is 6.43 Å². The van der Waals surface area contributed by atoms with Crippen LogP contribution in [0.4, 0.5) is 8.78 Å². The topological polar surface area (TPSA) is 28.7 Å². The van der Waals surface area contributed by atoms with Crippen molar-refractivity contribution >= 4 is 28.3 Å². The Labute approximate surface area is 70.6 Å². The standard InChI is InChI=1S/C4H3BrF2N2.ClH/c5-4-8-1-2(9-4)3(6)7;/h1,3H,(H,8,9);1H. The molecule has 0 saturated heterocycles. The molecule has 0 bridgehead atoms. The predicted molar refractivity (Wildman–Crippen MR) is 38.5 cm³/mol. The van der Waals surface area contributed by atoms with Gasteiger partial charge in [0, 0.05) is 0 Å². The summed E-state index contributed by atoms with van der Waals surface area (Å²) in [6.07, 6.45) is -1.38. The van der Waals surface area contributed by atoms with Gasteiger partial charge in [-0.2, -0.15) is 0 Å². The van der Waals surface area contributed by atoms with E-state index in [4.69, 9.17) is 0 Å². The van der Waals surface area contributed by atoms with E-state index in [1.807, 2.05) is 0 Å². The molecular weight excluding hydrogens is 229 g/mol. The second-order valence-electron chi connectivity index (χ2n) is 1.43. The van der Waals surface area contributed by atoms with Crippen LogP contribution in [0, 0.1) is 0 Å². The molecule has 1 heterocycles. The minimum absolute atomic E-state index is 0. The Hall–Kier alpha value is -0.160.